The lowest BCUT2D eigenvalue weighted by atomic mass is 10.1. The number of carbonyl (C=O) groups excluding carboxylic acids is 1. The van der Waals surface area contributed by atoms with Crippen LogP contribution in [-0.4, -0.2) is 5.78 Å². The second-order valence-electron chi connectivity index (χ2n) is 3.81. The summed E-state index contributed by atoms with van der Waals surface area (Å²) in [6, 6.07) is 11.9. The molecular weight excluding hydrogens is 218 g/mol. The first-order valence-electron chi connectivity index (χ1n) is 5.12. The number of rotatable bonds is 3. The molecule has 0 radical (unpaired) electrons. The summed E-state index contributed by atoms with van der Waals surface area (Å²) in [6.07, 6.45) is 0.309. The van der Waals surface area contributed by atoms with Crippen LogP contribution >= 0.6 is 11.3 Å². The van der Waals surface area contributed by atoms with Crippen LogP contribution in [0.1, 0.15) is 23.0 Å². The fourth-order valence-electron chi connectivity index (χ4n) is 1.54. The van der Waals surface area contributed by atoms with E-state index in [1.54, 1.807) is 6.92 Å². The Morgan fingerprint density at radius 3 is 2.94 bits per heavy atom. The molecule has 2 nitrogen and oxygen atoms in total. The minimum atomic E-state index is -0.210. The number of fused-ring (bicyclic) bond motifs is 1. The monoisotopic (exact) mass is 229 g/mol. The lowest BCUT2D eigenvalue weighted by Crippen LogP contribution is -2.02. The Morgan fingerprint density at radius 1 is 1.50 bits per heavy atom. The van der Waals surface area contributed by atoms with Gasteiger partial charge in [0, 0.05) is 11.1 Å². The van der Waals surface area contributed by atoms with Gasteiger partial charge < -0.3 is 0 Å². The Bertz CT molecular complexity index is 532. The van der Waals surface area contributed by atoms with Crippen molar-refractivity contribution < 1.29 is 4.79 Å². The van der Waals surface area contributed by atoms with Crippen molar-refractivity contribution in [2.45, 2.75) is 13.3 Å². The molecule has 1 atom stereocenters. The Kier molecular flexibility index (Phi) is 3.02. The lowest BCUT2D eigenvalue weighted by molar-refractivity contribution is 0.0977. The SMILES string of the molecule is CC(C#N)CC(=O)c1cc2ccccc2s1. The Hall–Kier alpha value is -1.66. The summed E-state index contributed by atoms with van der Waals surface area (Å²) in [4.78, 5) is 12.6. The quantitative estimate of drug-likeness (QED) is 0.754. The number of Topliss-reactive ketones (excluding diaryl/α,β-unsaturated/α-hetero) is 1. The minimum Gasteiger partial charge on any atom is -0.293 e. The van der Waals surface area contributed by atoms with Gasteiger partial charge in [-0.1, -0.05) is 18.2 Å². The third kappa shape index (κ3) is 2.12. The molecule has 16 heavy (non-hydrogen) atoms. The van der Waals surface area contributed by atoms with E-state index in [4.69, 9.17) is 5.26 Å². The van der Waals surface area contributed by atoms with E-state index in [-0.39, 0.29) is 11.7 Å². The first kappa shape index (κ1) is 10.8. The van der Waals surface area contributed by atoms with Gasteiger partial charge >= 0.3 is 0 Å². The Morgan fingerprint density at radius 2 is 2.25 bits per heavy atom. The van der Waals surface area contributed by atoms with Crippen molar-refractivity contribution in [1.29, 1.82) is 5.26 Å². The lowest BCUT2D eigenvalue weighted by Gasteiger charge is -1.97. The van der Waals surface area contributed by atoms with Crippen LogP contribution in [-0.2, 0) is 0 Å². The minimum absolute atomic E-state index is 0.0650. The molecule has 0 aliphatic carbocycles. The van der Waals surface area contributed by atoms with Crippen LogP contribution in [0.4, 0.5) is 0 Å². The third-order valence-corrected chi connectivity index (χ3v) is 3.57. The number of carbonyl (C=O) groups is 1. The molecule has 80 valence electrons. The standard InChI is InChI=1S/C13H11NOS/c1-9(8-14)6-11(15)13-7-10-4-2-3-5-12(10)16-13/h2-5,7,9H,6H2,1H3. The van der Waals surface area contributed by atoms with Gasteiger partial charge in [-0.15, -0.1) is 11.3 Å². The van der Waals surface area contributed by atoms with Gasteiger partial charge in [0.1, 0.15) is 0 Å². The zero-order valence-electron chi connectivity index (χ0n) is 8.93. The van der Waals surface area contributed by atoms with E-state index in [1.807, 2.05) is 30.3 Å². The summed E-state index contributed by atoms with van der Waals surface area (Å²) in [6.45, 7) is 1.77. The largest absolute Gasteiger partial charge is 0.293 e. The second kappa shape index (κ2) is 4.46. The van der Waals surface area contributed by atoms with E-state index < -0.39 is 0 Å². The highest BCUT2D eigenvalue weighted by Crippen LogP contribution is 2.26. The van der Waals surface area contributed by atoms with E-state index in [9.17, 15) is 4.79 Å². The van der Waals surface area contributed by atoms with Crippen molar-refractivity contribution in [3.63, 3.8) is 0 Å². The van der Waals surface area contributed by atoms with Crippen LogP contribution in [0.5, 0.6) is 0 Å². The van der Waals surface area contributed by atoms with E-state index in [0.717, 1.165) is 15.0 Å². The Balaban J connectivity index is 2.27. The molecule has 0 spiro atoms. The van der Waals surface area contributed by atoms with Crippen molar-refractivity contribution in [2.24, 2.45) is 5.92 Å². The predicted octanol–water partition coefficient (Wildman–Crippen LogP) is 3.63. The summed E-state index contributed by atoms with van der Waals surface area (Å²) in [5, 5.41) is 9.77. The molecule has 0 aliphatic heterocycles. The highest BCUT2D eigenvalue weighted by atomic mass is 32.1. The first-order valence-corrected chi connectivity index (χ1v) is 5.94. The molecule has 0 saturated carbocycles. The summed E-state index contributed by atoms with van der Waals surface area (Å²) in [5.74, 6) is -0.145. The third-order valence-electron chi connectivity index (χ3n) is 2.41. The van der Waals surface area contributed by atoms with Crippen LogP contribution in [0.3, 0.4) is 0 Å². The number of nitriles is 1. The molecule has 0 aliphatic rings. The van der Waals surface area contributed by atoms with Gasteiger partial charge in [-0.2, -0.15) is 5.26 Å². The molecular formula is C13H11NOS. The molecule has 3 heteroatoms. The maximum atomic E-state index is 11.8. The average Bonchev–Trinajstić information content (AvgIpc) is 2.72. The van der Waals surface area contributed by atoms with Gasteiger partial charge in [0.25, 0.3) is 0 Å². The smallest absolute Gasteiger partial charge is 0.174 e. The molecule has 1 aromatic heterocycles. The fraction of sp³-hybridized carbons (Fsp3) is 0.231. The molecule has 0 fully saturated rings. The van der Waals surface area contributed by atoms with E-state index in [1.165, 1.54) is 11.3 Å². The van der Waals surface area contributed by atoms with Crippen LogP contribution < -0.4 is 0 Å². The number of nitrogens with zero attached hydrogens (tertiary/aromatic N) is 1. The number of thiophene rings is 1. The molecule has 1 aromatic carbocycles. The van der Waals surface area contributed by atoms with Gasteiger partial charge in [-0.25, -0.2) is 0 Å². The normalized spacial score (nSPS) is 12.2. The molecule has 0 saturated heterocycles. The van der Waals surface area contributed by atoms with Crippen molar-refractivity contribution in [2.75, 3.05) is 0 Å². The van der Waals surface area contributed by atoms with Crippen molar-refractivity contribution >= 4 is 27.2 Å². The molecule has 1 unspecified atom stereocenters. The highest BCUT2D eigenvalue weighted by Gasteiger charge is 2.13. The number of hydrogen-bond donors (Lipinski definition) is 0. The second-order valence-corrected chi connectivity index (χ2v) is 4.89. The summed E-state index contributed by atoms with van der Waals surface area (Å²) in [7, 11) is 0. The molecule has 0 bridgehead atoms. The van der Waals surface area contributed by atoms with Gasteiger partial charge in [0.2, 0.25) is 0 Å². The molecule has 0 amide bonds. The zero-order chi connectivity index (χ0) is 11.5. The summed E-state index contributed by atoms with van der Waals surface area (Å²) >= 11 is 1.50. The molecule has 2 rings (SSSR count). The molecule has 1 heterocycles. The van der Waals surface area contributed by atoms with Gasteiger partial charge in [-0.3, -0.25) is 4.79 Å². The topological polar surface area (TPSA) is 40.9 Å². The molecule has 2 aromatic rings. The van der Waals surface area contributed by atoms with E-state index >= 15 is 0 Å². The number of hydrogen-bond acceptors (Lipinski definition) is 3. The predicted molar refractivity (Wildman–Crippen MR) is 65.5 cm³/mol. The van der Waals surface area contributed by atoms with Crippen molar-refractivity contribution in [3.05, 3.63) is 35.2 Å². The summed E-state index contributed by atoms with van der Waals surface area (Å²) < 4.78 is 1.12. The molecule has 0 N–H and O–H groups in total. The number of benzene rings is 1. The van der Waals surface area contributed by atoms with Crippen LogP contribution in [0.25, 0.3) is 10.1 Å². The number of ketones is 1. The maximum Gasteiger partial charge on any atom is 0.174 e. The van der Waals surface area contributed by atoms with Crippen LogP contribution in [0.15, 0.2) is 30.3 Å². The first-order chi connectivity index (χ1) is 7.70. The highest BCUT2D eigenvalue weighted by molar-refractivity contribution is 7.20. The van der Waals surface area contributed by atoms with Crippen molar-refractivity contribution in [3.8, 4) is 6.07 Å². The summed E-state index contributed by atoms with van der Waals surface area (Å²) in [5.41, 5.74) is 0. The van der Waals surface area contributed by atoms with Crippen LogP contribution in [0, 0.1) is 17.2 Å². The fourth-order valence-corrected chi connectivity index (χ4v) is 2.56. The Labute approximate surface area is 98.1 Å². The van der Waals surface area contributed by atoms with E-state index in [0.29, 0.717) is 6.42 Å². The average molecular weight is 229 g/mol. The van der Waals surface area contributed by atoms with Gasteiger partial charge in [-0.05, 0) is 24.4 Å². The van der Waals surface area contributed by atoms with Crippen molar-refractivity contribution in [1.82, 2.24) is 0 Å². The van der Waals surface area contributed by atoms with Crippen LogP contribution in [0.2, 0.25) is 0 Å². The van der Waals surface area contributed by atoms with Gasteiger partial charge in [0.05, 0.1) is 16.9 Å². The van der Waals surface area contributed by atoms with Gasteiger partial charge in [0.15, 0.2) is 5.78 Å². The maximum absolute atomic E-state index is 11.8. The zero-order valence-corrected chi connectivity index (χ0v) is 9.75. The van der Waals surface area contributed by atoms with E-state index in [2.05, 4.69) is 6.07 Å².